The van der Waals surface area contributed by atoms with Crippen molar-refractivity contribution in [3.8, 4) is 10.4 Å². The fourth-order valence-electron chi connectivity index (χ4n) is 5.12. The van der Waals surface area contributed by atoms with Gasteiger partial charge in [0.25, 0.3) is 0 Å². The van der Waals surface area contributed by atoms with Crippen molar-refractivity contribution in [2.45, 2.75) is 90.8 Å². The number of unbranched alkanes of at least 4 members (excludes halogenated alkanes) is 3. The van der Waals surface area contributed by atoms with Crippen LogP contribution < -0.4 is 10.2 Å². The van der Waals surface area contributed by atoms with Crippen molar-refractivity contribution in [1.29, 1.82) is 0 Å². The first kappa shape index (κ1) is 33.2. The van der Waals surface area contributed by atoms with Gasteiger partial charge < -0.3 is 25.0 Å². The van der Waals surface area contributed by atoms with Gasteiger partial charge in [-0.25, -0.2) is 4.98 Å². The summed E-state index contributed by atoms with van der Waals surface area (Å²) in [5.41, 5.74) is 3.81. The molecule has 1 aliphatic rings. The molecule has 0 saturated carbocycles. The van der Waals surface area contributed by atoms with Gasteiger partial charge in [-0.15, -0.1) is 11.3 Å². The predicted molar refractivity (Wildman–Crippen MR) is 163 cm³/mol. The Morgan fingerprint density at radius 2 is 1.76 bits per heavy atom. The maximum Gasteiger partial charge on any atom is 0.305 e. The minimum Gasteiger partial charge on any atom is -0.469 e. The molecule has 3 atom stereocenters. The molecule has 1 aromatic carbocycles. The van der Waals surface area contributed by atoms with Gasteiger partial charge >= 0.3 is 5.97 Å². The number of aromatic nitrogens is 1. The summed E-state index contributed by atoms with van der Waals surface area (Å²) < 4.78 is 4.64. The second-order valence-corrected chi connectivity index (χ2v) is 12.8. The van der Waals surface area contributed by atoms with Crippen LogP contribution in [-0.2, 0) is 23.9 Å². The van der Waals surface area contributed by atoms with Crippen LogP contribution in [0.5, 0.6) is 0 Å². The molecule has 3 amide bonds. The number of benzene rings is 1. The number of amides is 3. The monoisotopic (exact) mass is 600 g/mol. The molecule has 2 heterocycles. The second kappa shape index (κ2) is 14.7. The van der Waals surface area contributed by atoms with E-state index in [9.17, 15) is 24.3 Å². The van der Waals surface area contributed by atoms with Crippen LogP contribution in [0.3, 0.4) is 0 Å². The lowest BCUT2D eigenvalue weighted by atomic mass is 9.85. The molecule has 0 radical (unpaired) electrons. The molecule has 0 unspecified atom stereocenters. The molecule has 10 nitrogen and oxygen atoms in total. The highest BCUT2D eigenvalue weighted by atomic mass is 32.1. The standard InChI is InChI=1S/C31H44N4O6S/c1-20-27(42-19-32-20)21-13-15-22(16-14-21)34(5)29(39)24-17-23(36)18-35(24)30(40)28(31(2,3)4)33-25(37)11-9-7-8-10-12-26(38)41-6/h13-16,19,23-24,28,36H,7-12,17-18H2,1-6H3,(H,33,37)/t23-,24+,28-/m1/s1. The molecule has 2 N–H and O–H groups in total. The minimum atomic E-state index is -0.864. The van der Waals surface area contributed by atoms with Crippen molar-refractivity contribution in [3.63, 3.8) is 0 Å². The summed E-state index contributed by atoms with van der Waals surface area (Å²) in [7, 11) is 3.03. The number of aryl methyl sites for hydroxylation is 1. The van der Waals surface area contributed by atoms with Crippen LogP contribution in [0.2, 0.25) is 0 Å². The number of thiazole rings is 1. The molecule has 42 heavy (non-hydrogen) atoms. The topological polar surface area (TPSA) is 129 Å². The largest absolute Gasteiger partial charge is 0.469 e. The number of carbonyl (C=O) groups excluding carboxylic acids is 4. The molecule has 1 aromatic heterocycles. The molecular formula is C31H44N4O6S. The van der Waals surface area contributed by atoms with Gasteiger partial charge in [-0.3, -0.25) is 19.2 Å². The Morgan fingerprint density at radius 3 is 2.33 bits per heavy atom. The van der Waals surface area contributed by atoms with Crippen molar-refractivity contribution >= 4 is 40.7 Å². The first-order chi connectivity index (χ1) is 19.8. The summed E-state index contributed by atoms with van der Waals surface area (Å²) in [5.74, 6) is -1.16. The number of esters is 1. The second-order valence-electron chi connectivity index (χ2n) is 12.0. The van der Waals surface area contributed by atoms with Gasteiger partial charge in [0, 0.05) is 38.5 Å². The Bertz CT molecular complexity index is 1240. The zero-order chi connectivity index (χ0) is 31.0. The van der Waals surface area contributed by atoms with Gasteiger partial charge in [-0.05, 0) is 42.9 Å². The predicted octanol–water partition coefficient (Wildman–Crippen LogP) is 4.09. The highest BCUT2D eigenvalue weighted by molar-refractivity contribution is 7.13. The molecule has 1 aliphatic heterocycles. The number of aliphatic hydroxyl groups is 1. The molecule has 0 aliphatic carbocycles. The molecular weight excluding hydrogens is 556 g/mol. The van der Waals surface area contributed by atoms with Crippen LogP contribution in [0.1, 0.15) is 71.4 Å². The number of hydrogen-bond donors (Lipinski definition) is 2. The number of aliphatic hydroxyl groups excluding tert-OH is 1. The van der Waals surface area contributed by atoms with Crippen molar-refractivity contribution in [3.05, 3.63) is 35.5 Å². The Kier molecular flexibility index (Phi) is 11.6. The Balaban J connectivity index is 1.64. The lowest BCUT2D eigenvalue weighted by Gasteiger charge is -2.36. The average molecular weight is 601 g/mol. The van der Waals surface area contributed by atoms with Crippen LogP contribution in [-0.4, -0.2) is 77.6 Å². The van der Waals surface area contributed by atoms with Crippen molar-refractivity contribution in [2.24, 2.45) is 5.41 Å². The number of β-amino-alcohol motifs (C(OH)–C–C–N with tert-alkyl or cyclic N) is 1. The Hall–Kier alpha value is -3.31. The average Bonchev–Trinajstić information content (AvgIpc) is 3.56. The summed E-state index contributed by atoms with van der Waals surface area (Å²) in [5, 5.41) is 13.4. The van der Waals surface area contributed by atoms with E-state index in [2.05, 4.69) is 15.0 Å². The number of hydrogen-bond acceptors (Lipinski definition) is 8. The van der Waals surface area contributed by atoms with E-state index in [1.807, 2.05) is 52.0 Å². The molecule has 11 heteroatoms. The first-order valence-corrected chi connectivity index (χ1v) is 15.3. The van der Waals surface area contributed by atoms with Gasteiger partial charge in [0.2, 0.25) is 17.7 Å². The summed E-state index contributed by atoms with van der Waals surface area (Å²) >= 11 is 1.56. The number of ether oxygens (including phenoxy) is 1. The zero-order valence-corrected chi connectivity index (χ0v) is 26.3. The Morgan fingerprint density at radius 1 is 1.12 bits per heavy atom. The van der Waals surface area contributed by atoms with Gasteiger partial charge in [0.15, 0.2) is 0 Å². The highest BCUT2D eigenvalue weighted by Crippen LogP contribution is 2.31. The number of carbonyl (C=O) groups is 4. The van der Waals surface area contributed by atoms with Crippen LogP contribution >= 0.6 is 11.3 Å². The number of rotatable bonds is 12. The van der Waals surface area contributed by atoms with Gasteiger partial charge in [0.05, 0.1) is 29.3 Å². The van der Waals surface area contributed by atoms with Crippen molar-refractivity contribution in [1.82, 2.24) is 15.2 Å². The molecule has 1 fully saturated rings. The van der Waals surface area contributed by atoms with Crippen LogP contribution in [0.25, 0.3) is 10.4 Å². The smallest absolute Gasteiger partial charge is 0.305 e. The van der Waals surface area contributed by atoms with Crippen LogP contribution in [0.4, 0.5) is 5.69 Å². The van der Waals surface area contributed by atoms with E-state index in [1.54, 1.807) is 23.9 Å². The van der Waals surface area contributed by atoms with Crippen molar-refractivity contribution in [2.75, 3.05) is 25.6 Å². The summed E-state index contributed by atoms with van der Waals surface area (Å²) in [6.45, 7) is 7.57. The summed E-state index contributed by atoms with van der Waals surface area (Å²) in [6, 6.07) is 5.89. The number of methoxy groups -OCH3 is 1. The van der Waals surface area contributed by atoms with Crippen LogP contribution in [0, 0.1) is 12.3 Å². The normalized spacial score (nSPS) is 17.5. The van der Waals surface area contributed by atoms with E-state index in [1.165, 1.54) is 16.9 Å². The molecule has 0 spiro atoms. The molecule has 0 bridgehead atoms. The SMILES string of the molecule is COC(=O)CCCCCCC(=O)N[C@H](C(=O)N1C[C@H](O)C[C@H]1C(=O)N(C)c1ccc(-c2scnc2C)cc1)C(C)(C)C. The lowest BCUT2D eigenvalue weighted by Crippen LogP contribution is -2.57. The van der Waals surface area contributed by atoms with Gasteiger partial charge in [0.1, 0.15) is 12.1 Å². The van der Waals surface area contributed by atoms with Gasteiger partial charge in [-0.1, -0.05) is 45.7 Å². The number of likely N-dealkylation sites (N-methyl/N-ethyl adjacent to an activating group) is 1. The van der Waals surface area contributed by atoms with E-state index in [0.717, 1.165) is 29.0 Å². The number of likely N-dealkylation sites (tertiary alicyclic amines) is 1. The Labute approximate surface area is 252 Å². The number of nitrogens with one attached hydrogen (secondary N) is 1. The summed E-state index contributed by atoms with van der Waals surface area (Å²) in [4.78, 5) is 59.9. The fourth-order valence-corrected chi connectivity index (χ4v) is 5.93. The third kappa shape index (κ3) is 8.61. The fraction of sp³-hybridized carbons (Fsp3) is 0.581. The number of anilines is 1. The van der Waals surface area contributed by atoms with E-state index in [0.29, 0.717) is 24.9 Å². The van der Waals surface area contributed by atoms with Gasteiger partial charge in [-0.2, -0.15) is 0 Å². The van der Waals surface area contributed by atoms with Crippen LogP contribution in [0.15, 0.2) is 29.8 Å². The maximum atomic E-state index is 13.8. The number of nitrogens with zero attached hydrogens (tertiary/aromatic N) is 3. The van der Waals surface area contributed by atoms with E-state index in [-0.39, 0.29) is 43.1 Å². The first-order valence-electron chi connectivity index (χ1n) is 14.5. The molecule has 2 aromatic rings. The molecule has 3 rings (SSSR count). The lowest BCUT2D eigenvalue weighted by molar-refractivity contribution is -0.143. The molecule has 1 saturated heterocycles. The minimum absolute atomic E-state index is 0.0231. The molecule has 230 valence electrons. The highest BCUT2D eigenvalue weighted by Gasteiger charge is 2.45. The maximum absolute atomic E-state index is 13.8. The quantitative estimate of drug-likeness (QED) is 0.277. The third-order valence-corrected chi connectivity index (χ3v) is 8.60. The van der Waals surface area contributed by atoms with E-state index < -0.39 is 23.6 Å². The van der Waals surface area contributed by atoms with E-state index >= 15 is 0 Å². The summed E-state index contributed by atoms with van der Waals surface area (Å²) in [6.07, 6.45) is 2.83. The van der Waals surface area contributed by atoms with E-state index in [4.69, 9.17) is 0 Å². The third-order valence-electron chi connectivity index (χ3n) is 7.62. The zero-order valence-electron chi connectivity index (χ0n) is 25.5. The van der Waals surface area contributed by atoms with Crippen molar-refractivity contribution < 1.29 is 29.0 Å².